The van der Waals surface area contributed by atoms with Crippen LogP contribution in [0.5, 0.6) is 11.5 Å². The number of ether oxygens (including phenoxy) is 1. The van der Waals surface area contributed by atoms with E-state index < -0.39 is 36.5 Å². The van der Waals surface area contributed by atoms with E-state index in [0.29, 0.717) is 40.9 Å². The smallest absolute Gasteiger partial charge is 0.457 e. The molecule has 3 saturated carbocycles. The van der Waals surface area contributed by atoms with Gasteiger partial charge in [0.1, 0.15) is 17.5 Å². The van der Waals surface area contributed by atoms with Crippen LogP contribution < -0.4 is 20.7 Å². The molecule has 9 nitrogen and oxygen atoms in total. The van der Waals surface area contributed by atoms with Crippen LogP contribution in [0.3, 0.4) is 0 Å². The molecule has 1 heterocycles. The molecule has 0 unspecified atom stereocenters. The minimum Gasteiger partial charge on any atom is -0.457 e. The fourth-order valence-corrected chi connectivity index (χ4v) is 8.59. The lowest BCUT2D eigenvalue weighted by Gasteiger charge is -2.64. The van der Waals surface area contributed by atoms with Gasteiger partial charge in [0.15, 0.2) is 0 Å². The molecule has 10 heteroatoms. The van der Waals surface area contributed by atoms with Crippen molar-refractivity contribution in [3.63, 3.8) is 0 Å². The molecule has 3 N–H and O–H groups in total. The van der Waals surface area contributed by atoms with Crippen molar-refractivity contribution < 1.29 is 28.4 Å². The lowest BCUT2D eigenvalue weighted by Crippen LogP contribution is -2.65. The molecule has 0 aromatic heterocycles. The van der Waals surface area contributed by atoms with Gasteiger partial charge in [-0.15, -0.1) is 0 Å². The summed E-state index contributed by atoms with van der Waals surface area (Å²) < 4.78 is 19.3. The third kappa shape index (κ3) is 7.82. The molecule has 4 aliphatic rings. The van der Waals surface area contributed by atoms with Gasteiger partial charge < -0.3 is 30.0 Å². The molecular formula is C44H50BN3O6. The largest absolute Gasteiger partial charge is 0.481 e. The standard InChI is InChI=1S/C44H50BN3O6/c1-28(2)24-39(45-53-38-26-33-25-37(43(33,3)4)44(38,5)54-45)48-42(51)36(27-46-40(49)31-18-16-30(17-19-31)29-12-8-6-9-13-29)47-41(50)32-20-22-35(23-21-32)52-34-14-10-7-11-15-34/h6-23,28,33,36-39H,24-27H2,1-5H3,(H,46,49)(H,47,50)(H,48,51)/t33-,36-,37-,38+,39-,44-/m0/s1. The zero-order valence-electron chi connectivity index (χ0n) is 31.7. The maximum Gasteiger partial charge on any atom is 0.481 e. The topological polar surface area (TPSA) is 115 Å². The Morgan fingerprint density at radius 2 is 1.35 bits per heavy atom. The molecule has 1 saturated heterocycles. The monoisotopic (exact) mass is 727 g/mol. The Hall–Kier alpha value is -4.93. The molecule has 280 valence electrons. The molecule has 1 aliphatic heterocycles. The molecule has 6 atom stereocenters. The van der Waals surface area contributed by atoms with E-state index in [9.17, 15) is 14.4 Å². The van der Waals surface area contributed by atoms with E-state index in [-0.39, 0.29) is 29.9 Å². The van der Waals surface area contributed by atoms with Gasteiger partial charge in [-0.3, -0.25) is 14.4 Å². The Labute approximate surface area is 318 Å². The highest BCUT2D eigenvalue weighted by molar-refractivity contribution is 6.48. The Morgan fingerprint density at radius 3 is 2.00 bits per heavy atom. The molecule has 4 aromatic rings. The van der Waals surface area contributed by atoms with E-state index in [1.807, 2.05) is 72.8 Å². The lowest BCUT2D eigenvalue weighted by molar-refractivity contribution is -0.199. The van der Waals surface area contributed by atoms with Crippen molar-refractivity contribution in [3.05, 3.63) is 120 Å². The maximum absolute atomic E-state index is 14.2. The van der Waals surface area contributed by atoms with Gasteiger partial charge in [0.25, 0.3) is 11.8 Å². The summed E-state index contributed by atoms with van der Waals surface area (Å²) in [5.41, 5.74) is 2.56. The summed E-state index contributed by atoms with van der Waals surface area (Å²) in [5.74, 6) is 0.732. The first-order valence-corrected chi connectivity index (χ1v) is 19.1. The first kappa shape index (κ1) is 37.4. The quantitative estimate of drug-likeness (QED) is 0.123. The van der Waals surface area contributed by atoms with E-state index in [2.05, 4.69) is 50.6 Å². The predicted octanol–water partition coefficient (Wildman–Crippen LogP) is 7.47. The highest BCUT2D eigenvalue weighted by Gasteiger charge is 2.68. The maximum atomic E-state index is 14.2. The number of para-hydroxylation sites is 1. The van der Waals surface area contributed by atoms with E-state index in [1.165, 1.54) is 0 Å². The van der Waals surface area contributed by atoms with Crippen molar-refractivity contribution in [2.45, 2.75) is 77.6 Å². The summed E-state index contributed by atoms with van der Waals surface area (Å²) in [7, 11) is -0.632. The van der Waals surface area contributed by atoms with Crippen molar-refractivity contribution in [3.8, 4) is 22.6 Å². The fraction of sp³-hybridized carbons (Fsp3) is 0.386. The molecule has 0 radical (unpaired) electrons. The second-order valence-corrected chi connectivity index (χ2v) is 16.2. The summed E-state index contributed by atoms with van der Waals surface area (Å²) >= 11 is 0. The van der Waals surface area contributed by atoms with Gasteiger partial charge in [0.05, 0.1) is 17.6 Å². The molecular weight excluding hydrogens is 677 g/mol. The number of hydrogen-bond acceptors (Lipinski definition) is 6. The minimum atomic E-state index is -1.09. The van der Waals surface area contributed by atoms with Crippen molar-refractivity contribution in [1.82, 2.24) is 16.0 Å². The van der Waals surface area contributed by atoms with Crippen LogP contribution in [0.4, 0.5) is 0 Å². The fourth-order valence-electron chi connectivity index (χ4n) is 8.59. The third-order valence-electron chi connectivity index (χ3n) is 11.8. The number of rotatable bonds is 13. The molecule has 8 rings (SSSR count). The van der Waals surface area contributed by atoms with E-state index in [4.69, 9.17) is 14.0 Å². The highest BCUT2D eigenvalue weighted by Crippen LogP contribution is 2.65. The van der Waals surface area contributed by atoms with Crippen LogP contribution >= 0.6 is 0 Å². The van der Waals surface area contributed by atoms with Gasteiger partial charge in [-0.25, -0.2) is 0 Å². The first-order chi connectivity index (χ1) is 25.9. The summed E-state index contributed by atoms with van der Waals surface area (Å²) in [6, 6.07) is 32.2. The summed E-state index contributed by atoms with van der Waals surface area (Å²) in [6.07, 6.45) is 2.63. The SMILES string of the molecule is CC(C)C[C@H](NC(=O)[C@H](CNC(=O)c1ccc(-c2ccccc2)cc1)NC(=O)c1ccc(Oc2ccccc2)cc1)B1O[C@@H]2C[C@@H]3C[C@@H](C3(C)C)[C@]2(C)O1. The highest BCUT2D eigenvalue weighted by atomic mass is 16.7. The normalized spacial score (nSPS) is 23.4. The number of carbonyl (C=O) groups excluding carboxylic acids is 3. The van der Waals surface area contributed by atoms with E-state index in [1.54, 1.807) is 36.4 Å². The van der Waals surface area contributed by atoms with Crippen molar-refractivity contribution in [1.29, 1.82) is 0 Å². The molecule has 0 spiro atoms. The van der Waals surface area contributed by atoms with Gasteiger partial charge in [0.2, 0.25) is 5.91 Å². The Kier molecular flexibility index (Phi) is 10.7. The Balaban J connectivity index is 1.07. The number of carbonyl (C=O) groups is 3. The number of nitrogens with one attached hydrogen (secondary N) is 3. The van der Waals surface area contributed by atoms with E-state index >= 15 is 0 Å². The van der Waals surface area contributed by atoms with Crippen molar-refractivity contribution in [2.75, 3.05) is 6.54 Å². The zero-order valence-corrected chi connectivity index (χ0v) is 31.7. The van der Waals surface area contributed by atoms with Crippen LogP contribution in [0.25, 0.3) is 11.1 Å². The Bertz CT molecular complexity index is 1940. The second kappa shape index (κ2) is 15.4. The van der Waals surface area contributed by atoms with Crippen LogP contribution in [0, 0.1) is 23.2 Å². The van der Waals surface area contributed by atoms with Gasteiger partial charge in [-0.2, -0.15) is 0 Å². The molecule has 3 aliphatic carbocycles. The lowest BCUT2D eigenvalue weighted by atomic mass is 9.43. The first-order valence-electron chi connectivity index (χ1n) is 19.1. The average molecular weight is 728 g/mol. The van der Waals surface area contributed by atoms with Crippen LogP contribution in [-0.4, -0.2) is 55.1 Å². The molecule has 4 fully saturated rings. The average Bonchev–Trinajstić information content (AvgIpc) is 3.54. The molecule has 3 amide bonds. The number of amides is 3. The van der Waals surface area contributed by atoms with Gasteiger partial charge in [-0.05, 0) is 109 Å². The van der Waals surface area contributed by atoms with Crippen LogP contribution in [0.15, 0.2) is 109 Å². The Morgan fingerprint density at radius 1 is 0.759 bits per heavy atom. The van der Waals surface area contributed by atoms with Crippen LogP contribution in [0.1, 0.15) is 74.6 Å². The molecule has 2 bridgehead atoms. The van der Waals surface area contributed by atoms with Crippen LogP contribution in [0.2, 0.25) is 0 Å². The summed E-state index contributed by atoms with van der Waals surface area (Å²) in [5, 5.41) is 8.94. The zero-order chi connectivity index (χ0) is 38.0. The second-order valence-electron chi connectivity index (χ2n) is 16.2. The molecule has 54 heavy (non-hydrogen) atoms. The number of benzene rings is 4. The van der Waals surface area contributed by atoms with Crippen molar-refractivity contribution in [2.24, 2.45) is 23.2 Å². The van der Waals surface area contributed by atoms with Gasteiger partial charge in [0, 0.05) is 17.7 Å². The number of hydrogen-bond donors (Lipinski definition) is 3. The van der Waals surface area contributed by atoms with Crippen LogP contribution in [-0.2, 0) is 14.1 Å². The third-order valence-corrected chi connectivity index (χ3v) is 11.8. The predicted molar refractivity (Wildman–Crippen MR) is 210 cm³/mol. The molecule has 4 aromatic carbocycles. The van der Waals surface area contributed by atoms with Crippen molar-refractivity contribution >= 4 is 24.8 Å². The summed E-state index contributed by atoms with van der Waals surface area (Å²) in [4.78, 5) is 41.3. The van der Waals surface area contributed by atoms with Gasteiger partial charge >= 0.3 is 7.12 Å². The van der Waals surface area contributed by atoms with E-state index in [0.717, 1.165) is 24.0 Å². The van der Waals surface area contributed by atoms with Gasteiger partial charge in [-0.1, -0.05) is 88.4 Å². The summed E-state index contributed by atoms with van der Waals surface area (Å²) in [6.45, 7) is 10.9. The minimum absolute atomic E-state index is 0.0391.